The van der Waals surface area contributed by atoms with Crippen LogP contribution in [-0.4, -0.2) is 21.6 Å². The van der Waals surface area contributed by atoms with Crippen molar-refractivity contribution in [3.05, 3.63) is 40.7 Å². The Bertz CT molecular complexity index is 498. The van der Waals surface area contributed by atoms with Crippen molar-refractivity contribution in [2.45, 2.75) is 27.0 Å². The number of hydrogen-bond donors (Lipinski definition) is 1. The number of anilines is 1. The van der Waals surface area contributed by atoms with Gasteiger partial charge in [0.2, 0.25) is 0 Å². The van der Waals surface area contributed by atoms with Crippen LogP contribution in [0.1, 0.15) is 23.2 Å². The summed E-state index contributed by atoms with van der Waals surface area (Å²) in [6.45, 7) is 5.70. The SMILES string of the molecule is CCN(Cc1ccccn1)c1nc(C)c(CO)s1. The first-order chi connectivity index (χ1) is 8.74. The molecule has 1 N–H and O–H groups in total. The molecule has 0 aliphatic rings. The van der Waals surface area contributed by atoms with Crippen molar-refractivity contribution in [1.82, 2.24) is 9.97 Å². The van der Waals surface area contributed by atoms with Gasteiger partial charge < -0.3 is 10.0 Å². The fraction of sp³-hybridized carbons (Fsp3) is 0.385. The quantitative estimate of drug-likeness (QED) is 0.899. The lowest BCUT2D eigenvalue weighted by Gasteiger charge is -2.19. The highest BCUT2D eigenvalue weighted by molar-refractivity contribution is 7.15. The van der Waals surface area contributed by atoms with Gasteiger partial charge in [0.15, 0.2) is 5.13 Å². The molecule has 18 heavy (non-hydrogen) atoms. The summed E-state index contributed by atoms with van der Waals surface area (Å²) in [7, 11) is 0. The molecule has 2 aromatic rings. The predicted molar refractivity (Wildman–Crippen MR) is 73.7 cm³/mol. The van der Waals surface area contributed by atoms with Gasteiger partial charge in [-0.2, -0.15) is 0 Å². The number of hydrogen-bond acceptors (Lipinski definition) is 5. The molecule has 2 heterocycles. The van der Waals surface area contributed by atoms with E-state index < -0.39 is 0 Å². The second kappa shape index (κ2) is 5.93. The zero-order chi connectivity index (χ0) is 13.0. The van der Waals surface area contributed by atoms with E-state index in [0.717, 1.165) is 34.5 Å². The molecule has 4 nitrogen and oxygen atoms in total. The molecule has 0 saturated heterocycles. The Morgan fingerprint density at radius 2 is 2.22 bits per heavy atom. The van der Waals surface area contributed by atoms with Crippen molar-refractivity contribution in [1.29, 1.82) is 0 Å². The maximum Gasteiger partial charge on any atom is 0.186 e. The van der Waals surface area contributed by atoms with Gasteiger partial charge in [-0.1, -0.05) is 17.4 Å². The summed E-state index contributed by atoms with van der Waals surface area (Å²) in [5.74, 6) is 0. The molecule has 0 spiro atoms. The molecule has 5 heteroatoms. The fourth-order valence-corrected chi connectivity index (χ4v) is 2.68. The van der Waals surface area contributed by atoms with E-state index in [0.29, 0.717) is 0 Å². The molecule has 2 rings (SSSR count). The summed E-state index contributed by atoms with van der Waals surface area (Å²) in [5, 5.41) is 10.2. The van der Waals surface area contributed by atoms with Gasteiger partial charge in [0.05, 0.1) is 29.4 Å². The average Bonchev–Trinajstić information content (AvgIpc) is 2.78. The van der Waals surface area contributed by atoms with Crippen LogP contribution in [0.2, 0.25) is 0 Å². The first kappa shape index (κ1) is 13.0. The molecule has 0 amide bonds. The van der Waals surface area contributed by atoms with Crippen molar-refractivity contribution in [3.8, 4) is 0 Å². The molecule has 0 aromatic carbocycles. The molecule has 2 aromatic heterocycles. The van der Waals surface area contributed by atoms with Crippen LogP contribution in [-0.2, 0) is 13.2 Å². The Morgan fingerprint density at radius 1 is 1.39 bits per heavy atom. The molecule has 0 unspecified atom stereocenters. The highest BCUT2D eigenvalue weighted by atomic mass is 32.1. The number of rotatable bonds is 5. The zero-order valence-corrected chi connectivity index (χ0v) is 11.4. The summed E-state index contributed by atoms with van der Waals surface area (Å²) >= 11 is 1.55. The van der Waals surface area contributed by atoms with Crippen LogP contribution in [0.4, 0.5) is 5.13 Å². The Morgan fingerprint density at radius 3 is 2.78 bits per heavy atom. The fourth-order valence-electron chi connectivity index (χ4n) is 1.70. The number of aliphatic hydroxyl groups excluding tert-OH is 1. The van der Waals surface area contributed by atoms with Crippen molar-refractivity contribution >= 4 is 16.5 Å². The molecule has 0 aliphatic heterocycles. The molecule has 0 aliphatic carbocycles. The van der Waals surface area contributed by atoms with Crippen LogP contribution < -0.4 is 4.90 Å². The standard InChI is InChI=1S/C13H17N3OS/c1-3-16(8-11-6-4-5-7-14-11)13-15-10(2)12(9-17)18-13/h4-7,17H,3,8-9H2,1-2H3. The number of aliphatic hydroxyl groups is 1. The minimum atomic E-state index is 0.0602. The molecular weight excluding hydrogens is 246 g/mol. The van der Waals surface area contributed by atoms with Crippen molar-refractivity contribution < 1.29 is 5.11 Å². The lowest BCUT2D eigenvalue weighted by molar-refractivity contribution is 0.284. The summed E-state index contributed by atoms with van der Waals surface area (Å²) < 4.78 is 0. The van der Waals surface area contributed by atoms with E-state index in [2.05, 4.69) is 21.8 Å². The predicted octanol–water partition coefficient (Wildman–Crippen LogP) is 2.37. The summed E-state index contributed by atoms with van der Waals surface area (Å²) in [5.41, 5.74) is 1.94. The van der Waals surface area contributed by atoms with Crippen LogP contribution in [0, 0.1) is 6.92 Å². The Balaban J connectivity index is 2.17. The van der Waals surface area contributed by atoms with Crippen molar-refractivity contribution in [2.75, 3.05) is 11.4 Å². The van der Waals surface area contributed by atoms with Gasteiger partial charge in [-0.15, -0.1) is 0 Å². The molecule has 0 atom stereocenters. The summed E-state index contributed by atoms with van der Waals surface area (Å²) in [6, 6.07) is 5.91. The van der Waals surface area contributed by atoms with Crippen molar-refractivity contribution in [2.24, 2.45) is 0 Å². The largest absolute Gasteiger partial charge is 0.391 e. The molecule has 96 valence electrons. The molecule has 0 bridgehead atoms. The summed E-state index contributed by atoms with van der Waals surface area (Å²) in [6.07, 6.45) is 1.80. The maximum absolute atomic E-state index is 9.22. The van der Waals surface area contributed by atoms with Crippen LogP contribution >= 0.6 is 11.3 Å². The van der Waals surface area contributed by atoms with Gasteiger partial charge >= 0.3 is 0 Å². The minimum Gasteiger partial charge on any atom is -0.391 e. The van der Waals surface area contributed by atoms with Crippen LogP contribution in [0.25, 0.3) is 0 Å². The Hall–Kier alpha value is -1.46. The summed E-state index contributed by atoms with van der Waals surface area (Å²) in [4.78, 5) is 11.9. The monoisotopic (exact) mass is 263 g/mol. The van der Waals surface area contributed by atoms with Gasteiger partial charge in [-0.25, -0.2) is 4.98 Å². The van der Waals surface area contributed by atoms with E-state index in [-0.39, 0.29) is 6.61 Å². The Labute approximate surface area is 111 Å². The van der Waals surface area contributed by atoms with E-state index in [1.165, 1.54) is 0 Å². The van der Waals surface area contributed by atoms with Gasteiger partial charge in [-0.05, 0) is 26.0 Å². The third kappa shape index (κ3) is 2.86. The first-order valence-electron chi connectivity index (χ1n) is 5.96. The van der Waals surface area contributed by atoms with E-state index in [1.54, 1.807) is 17.5 Å². The van der Waals surface area contributed by atoms with E-state index >= 15 is 0 Å². The number of aromatic nitrogens is 2. The molecule has 0 fully saturated rings. The third-order valence-electron chi connectivity index (χ3n) is 2.76. The van der Waals surface area contributed by atoms with Crippen molar-refractivity contribution in [3.63, 3.8) is 0 Å². The van der Waals surface area contributed by atoms with Crippen LogP contribution in [0.3, 0.4) is 0 Å². The first-order valence-corrected chi connectivity index (χ1v) is 6.78. The highest BCUT2D eigenvalue weighted by Crippen LogP contribution is 2.26. The second-order valence-corrected chi connectivity index (χ2v) is 5.06. The number of aryl methyl sites for hydroxylation is 1. The average molecular weight is 263 g/mol. The molecule has 0 saturated carbocycles. The molecular formula is C13H17N3OS. The lowest BCUT2D eigenvalue weighted by Crippen LogP contribution is -2.22. The van der Waals surface area contributed by atoms with Gasteiger partial charge in [0, 0.05) is 12.7 Å². The lowest BCUT2D eigenvalue weighted by atomic mass is 10.3. The highest BCUT2D eigenvalue weighted by Gasteiger charge is 2.13. The topological polar surface area (TPSA) is 49.2 Å². The number of thiazole rings is 1. The van der Waals surface area contributed by atoms with Crippen LogP contribution in [0.5, 0.6) is 0 Å². The van der Waals surface area contributed by atoms with Gasteiger partial charge in [0.25, 0.3) is 0 Å². The third-order valence-corrected chi connectivity index (χ3v) is 3.96. The van der Waals surface area contributed by atoms with E-state index in [1.807, 2.05) is 25.1 Å². The smallest absolute Gasteiger partial charge is 0.186 e. The van der Waals surface area contributed by atoms with E-state index in [9.17, 15) is 5.11 Å². The molecule has 0 radical (unpaired) electrons. The maximum atomic E-state index is 9.22. The van der Waals surface area contributed by atoms with E-state index in [4.69, 9.17) is 0 Å². The minimum absolute atomic E-state index is 0.0602. The second-order valence-electron chi connectivity index (χ2n) is 4.00. The normalized spacial score (nSPS) is 10.6. The number of pyridine rings is 1. The number of nitrogens with zero attached hydrogens (tertiary/aromatic N) is 3. The Kier molecular flexibility index (Phi) is 4.28. The van der Waals surface area contributed by atoms with Gasteiger partial charge in [0.1, 0.15) is 0 Å². The van der Waals surface area contributed by atoms with Crippen LogP contribution in [0.15, 0.2) is 24.4 Å². The zero-order valence-electron chi connectivity index (χ0n) is 10.6. The van der Waals surface area contributed by atoms with Gasteiger partial charge in [-0.3, -0.25) is 4.98 Å².